The first kappa shape index (κ1) is 24.4. The van der Waals surface area contributed by atoms with Crippen LogP contribution in [0.3, 0.4) is 0 Å². The topological polar surface area (TPSA) is 81.7 Å². The van der Waals surface area contributed by atoms with E-state index in [1.54, 1.807) is 17.0 Å². The van der Waals surface area contributed by atoms with Crippen molar-refractivity contribution in [3.05, 3.63) is 42.2 Å². The maximum atomic E-state index is 13.1. The van der Waals surface area contributed by atoms with Crippen molar-refractivity contribution in [1.29, 1.82) is 0 Å². The fourth-order valence-electron chi connectivity index (χ4n) is 3.79. The zero-order chi connectivity index (χ0) is 23.8. The smallest absolute Gasteiger partial charge is 0.318 e. The Morgan fingerprint density at radius 1 is 1.06 bits per heavy atom. The summed E-state index contributed by atoms with van der Waals surface area (Å²) in [5, 5.41) is 11.5. The lowest BCUT2D eigenvalue weighted by Gasteiger charge is -2.27. The zero-order valence-corrected chi connectivity index (χ0v) is 19.6. The number of nitrogens with zero attached hydrogens (tertiary/aromatic N) is 5. The van der Waals surface area contributed by atoms with Crippen LogP contribution in [-0.4, -0.2) is 77.2 Å². The highest BCUT2D eigenvalue weighted by Gasteiger charge is 2.24. The molecule has 2 aromatic rings. The Morgan fingerprint density at radius 2 is 1.82 bits per heavy atom. The molecule has 8 nitrogen and oxygen atoms in total. The van der Waals surface area contributed by atoms with Gasteiger partial charge in [0.25, 0.3) is 0 Å². The minimum atomic E-state index is -0.287. The third kappa shape index (κ3) is 6.87. The monoisotopic (exact) mass is 456 g/mol. The molecular formula is C24H33FN6O2. The van der Waals surface area contributed by atoms with E-state index in [9.17, 15) is 14.0 Å². The number of hydrogen-bond acceptors (Lipinski definition) is 5. The third-order valence-electron chi connectivity index (χ3n) is 5.48. The second-order valence-corrected chi connectivity index (χ2v) is 8.53. The lowest BCUT2D eigenvalue weighted by Crippen LogP contribution is -2.49. The van der Waals surface area contributed by atoms with Gasteiger partial charge in [0, 0.05) is 44.3 Å². The first-order chi connectivity index (χ1) is 15.9. The fourth-order valence-corrected chi connectivity index (χ4v) is 3.79. The number of hydrogen-bond donors (Lipinski definition) is 1. The minimum Gasteiger partial charge on any atom is -0.353 e. The number of halogens is 1. The van der Waals surface area contributed by atoms with Crippen LogP contribution in [0.15, 0.2) is 36.4 Å². The summed E-state index contributed by atoms with van der Waals surface area (Å²) in [4.78, 5) is 30.9. The van der Waals surface area contributed by atoms with E-state index in [1.165, 1.54) is 12.1 Å². The van der Waals surface area contributed by atoms with Gasteiger partial charge >= 0.3 is 6.03 Å². The largest absolute Gasteiger partial charge is 0.353 e. The number of anilines is 1. The number of carbonyl (C=O) groups excluding carboxylic acids is 2. The van der Waals surface area contributed by atoms with Gasteiger partial charge in [0.2, 0.25) is 5.91 Å². The van der Waals surface area contributed by atoms with Gasteiger partial charge in [-0.1, -0.05) is 6.92 Å². The van der Waals surface area contributed by atoms with Crippen molar-refractivity contribution >= 4 is 17.8 Å². The van der Waals surface area contributed by atoms with Gasteiger partial charge in [0.1, 0.15) is 12.4 Å². The number of benzene rings is 1. The third-order valence-corrected chi connectivity index (χ3v) is 5.48. The summed E-state index contributed by atoms with van der Waals surface area (Å²) >= 11 is 0. The Balaban J connectivity index is 1.58. The predicted octanol–water partition coefficient (Wildman–Crippen LogP) is 3.15. The normalized spacial score (nSPS) is 14.2. The van der Waals surface area contributed by atoms with Crippen LogP contribution in [0.4, 0.5) is 15.0 Å². The molecule has 1 aliphatic rings. The summed E-state index contributed by atoms with van der Waals surface area (Å²) in [6.07, 6.45) is 1.60. The number of urea groups is 1. The molecule has 0 saturated carbocycles. The van der Waals surface area contributed by atoms with Crippen LogP contribution in [-0.2, 0) is 4.79 Å². The first-order valence-corrected chi connectivity index (χ1v) is 11.5. The van der Waals surface area contributed by atoms with Gasteiger partial charge in [-0.2, -0.15) is 0 Å². The Kier molecular flexibility index (Phi) is 8.57. The molecule has 0 atom stereocenters. The maximum Gasteiger partial charge on any atom is 0.318 e. The van der Waals surface area contributed by atoms with E-state index in [2.05, 4.69) is 20.4 Å². The number of rotatable bonds is 7. The molecule has 1 aromatic heterocycles. The SMILES string of the molecule is CCCN(CC(=O)N1CCCN(c2ccc(-c3ccc(F)cc3)nn2)CC1)C(=O)NC(C)C. The summed E-state index contributed by atoms with van der Waals surface area (Å²) in [6.45, 7) is 9.03. The molecule has 178 valence electrons. The van der Waals surface area contributed by atoms with E-state index in [0.717, 1.165) is 30.8 Å². The molecule has 0 bridgehead atoms. The number of carbonyl (C=O) groups is 2. The predicted molar refractivity (Wildman–Crippen MR) is 126 cm³/mol. The Morgan fingerprint density at radius 3 is 2.45 bits per heavy atom. The molecule has 1 aliphatic heterocycles. The van der Waals surface area contributed by atoms with Crippen molar-refractivity contribution < 1.29 is 14.0 Å². The second kappa shape index (κ2) is 11.6. The molecule has 1 N–H and O–H groups in total. The lowest BCUT2D eigenvalue weighted by molar-refractivity contribution is -0.131. The quantitative estimate of drug-likeness (QED) is 0.692. The van der Waals surface area contributed by atoms with Crippen molar-refractivity contribution in [1.82, 2.24) is 25.3 Å². The van der Waals surface area contributed by atoms with E-state index >= 15 is 0 Å². The molecule has 33 heavy (non-hydrogen) atoms. The van der Waals surface area contributed by atoms with Crippen LogP contribution >= 0.6 is 0 Å². The molecule has 0 radical (unpaired) electrons. The van der Waals surface area contributed by atoms with E-state index in [-0.39, 0.29) is 30.3 Å². The van der Waals surface area contributed by atoms with Crippen LogP contribution < -0.4 is 10.2 Å². The second-order valence-electron chi connectivity index (χ2n) is 8.53. The average molecular weight is 457 g/mol. The van der Waals surface area contributed by atoms with E-state index in [4.69, 9.17) is 0 Å². The molecule has 9 heteroatoms. The van der Waals surface area contributed by atoms with Crippen LogP contribution in [0.2, 0.25) is 0 Å². The van der Waals surface area contributed by atoms with Gasteiger partial charge in [-0.15, -0.1) is 10.2 Å². The van der Waals surface area contributed by atoms with Crippen molar-refractivity contribution in [2.45, 2.75) is 39.7 Å². The van der Waals surface area contributed by atoms with Crippen molar-refractivity contribution in [2.24, 2.45) is 0 Å². The molecule has 0 aliphatic carbocycles. The van der Waals surface area contributed by atoms with Crippen LogP contribution in [0.25, 0.3) is 11.3 Å². The maximum absolute atomic E-state index is 13.1. The highest BCUT2D eigenvalue weighted by molar-refractivity contribution is 5.84. The van der Waals surface area contributed by atoms with Gasteiger partial charge in [-0.3, -0.25) is 4.79 Å². The van der Waals surface area contributed by atoms with Gasteiger partial charge in [0.05, 0.1) is 5.69 Å². The van der Waals surface area contributed by atoms with Crippen LogP contribution in [0, 0.1) is 5.82 Å². The van der Waals surface area contributed by atoms with Gasteiger partial charge in [-0.05, 0) is 63.1 Å². The lowest BCUT2D eigenvalue weighted by atomic mass is 10.1. The van der Waals surface area contributed by atoms with Crippen molar-refractivity contribution in [2.75, 3.05) is 44.2 Å². The van der Waals surface area contributed by atoms with Gasteiger partial charge in [-0.25, -0.2) is 9.18 Å². The van der Waals surface area contributed by atoms with Crippen LogP contribution in [0.1, 0.15) is 33.6 Å². The first-order valence-electron chi connectivity index (χ1n) is 11.5. The van der Waals surface area contributed by atoms with Gasteiger partial charge in [0.15, 0.2) is 5.82 Å². The standard InChI is InChI=1S/C24H33FN6O2/c1-4-12-31(24(33)26-18(2)3)17-23(32)30-14-5-13-29(15-16-30)22-11-10-21(27-28-22)19-6-8-20(25)9-7-19/h6-11,18H,4-5,12-17H2,1-3H3,(H,26,33). The van der Waals surface area contributed by atoms with E-state index in [1.807, 2.05) is 37.8 Å². The zero-order valence-electron chi connectivity index (χ0n) is 19.6. The van der Waals surface area contributed by atoms with Gasteiger partial charge < -0.3 is 20.0 Å². The highest BCUT2D eigenvalue weighted by atomic mass is 19.1. The molecule has 2 heterocycles. The Hall–Kier alpha value is -3.23. The minimum absolute atomic E-state index is 0.0225. The summed E-state index contributed by atoms with van der Waals surface area (Å²) in [5.41, 5.74) is 1.49. The molecule has 0 spiro atoms. The van der Waals surface area contributed by atoms with Crippen molar-refractivity contribution in [3.63, 3.8) is 0 Å². The molecule has 0 unspecified atom stereocenters. The Labute approximate surface area is 194 Å². The molecule has 1 fully saturated rings. The summed E-state index contributed by atoms with van der Waals surface area (Å²) < 4.78 is 13.1. The van der Waals surface area contributed by atoms with Crippen molar-refractivity contribution in [3.8, 4) is 11.3 Å². The molecule has 1 saturated heterocycles. The molecule has 3 rings (SSSR count). The average Bonchev–Trinajstić information content (AvgIpc) is 3.05. The number of aromatic nitrogens is 2. The summed E-state index contributed by atoms with van der Waals surface area (Å²) in [5.74, 6) is 0.423. The number of nitrogens with one attached hydrogen (secondary N) is 1. The number of amides is 3. The molecule has 3 amide bonds. The summed E-state index contributed by atoms with van der Waals surface area (Å²) in [7, 11) is 0. The van der Waals surface area contributed by atoms with Crippen LogP contribution in [0.5, 0.6) is 0 Å². The van der Waals surface area contributed by atoms with E-state index < -0.39 is 0 Å². The molecular weight excluding hydrogens is 423 g/mol. The molecule has 1 aromatic carbocycles. The Bertz CT molecular complexity index is 920. The fraction of sp³-hybridized carbons (Fsp3) is 0.500. The summed E-state index contributed by atoms with van der Waals surface area (Å²) in [6, 6.07) is 9.76. The van der Waals surface area contributed by atoms with E-state index in [0.29, 0.717) is 31.9 Å². The highest BCUT2D eigenvalue weighted by Crippen LogP contribution is 2.20.